The normalized spacial score (nSPS) is 14.6. The Morgan fingerprint density at radius 3 is 2.69 bits per heavy atom. The molecule has 0 saturated heterocycles. The van der Waals surface area contributed by atoms with Gasteiger partial charge in [0.2, 0.25) is 3.79 Å². The standard InChI is InChI=1S/C16H15Cl3N2O3S2/c1-24-14(23)11-8-4-2-5-9(8)26-13(11)21-15(16(17,18)19)20-12(22)10-6-3-7-25-10/h3,6-7,15,21H,2,4-5H2,1H3,(H,20,22). The summed E-state index contributed by atoms with van der Waals surface area (Å²) in [5, 5.41) is 8.01. The fraction of sp³-hybridized carbons (Fsp3) is 0.375. The minimum absolute atomic E-state index is 0.368. The molecule has 1 atom stereocenters. The van der Waals surface area contributed by atoms with Crippen LogP contribution in [0.2, 0.25) is 0 Å². The highest BCUT2D eigenvalue weighted by atomic mass is 35.6. The van der Waals surface area contributed by atoms with Crippen LogP contribution >= 0.6 is 57.5 Å². The van der Waals surface area contributed by atoms with E-state index < -0.39 is 15.9 Å². The molecule has 2 heterocycles. The molecular formula is C16H15Cl3N2O3S2. The summed E-state index contributed by atoms with van der Waals surface area (Å²) in [4.78, 5) is 26.2. The minimum atomic E-state index is -1.82. The summed E-state index contributed by atoms with van der Waals surface area (Å²) in [6.45, 7) is 0. The number of carbonyl (C=O) groups excluding carboxylic acids is 2. The van der Waals surface area contributed by atoms with Crippen molar-refractivity contribution in [1.29, 1.82) is 0 Å². The monoisotopic (exact) mass is 452 g/mol. The van der Waals surface area contributed by atoms with Crippen molar-refractivity contribution in [1.82, 2.24) is 5.32 Å². The van der Waals surface area contributed by atoms with Crippen LogP contribution < -0.4 is 10.6 Å². The van der Waals surface area contributed by atoms with Gasteiger partial charge in [0.25, 0.3) is 5.91 Å². The van der Waals surface area contributed by atoms with E-state index in [-0.39, 0.29) is 5.91 Å². The van der Waals surface area contributed by atoms with Gasteiger partial charge in [-0.05, 0) is 36.3 Å². The van der Waals surface area contributed by atoms with Crippen LogP contribution in [0.4, 0.5) is 5.00 Å². The summed E-state index contributed by atoms with van der Waals surface area (Å²) < 4.78 is 3.09. The van der Waals surface area contributed by atoms with Gasteiger partial charge in [0.1, 0.15) is 11.2 Å². The van der Waals surface area contributed by atoms with E-state index in [1.54, 1.807) is 17.5 Å². The molecule has 1 aliphatic carbocycles. The molecule has 0 saturated carbocycles. The van der Waals surface area contributed by atoms with Crippen molar-refractivity contribution in [3.05, 3.63) is 38.4 Å². The molecule has 1 unspecified atom stereocenters. The molecule has 0 aromatic carbocycles. The maximum absolute atomic E-state index is 12.4. The summed E-state index contributed by atoms with van der Waals surface area (Å²) in [5.41, 5.74) is 1.42. The van der Waals surface area contributed by atoms with Crippen molar-refractivity contribution in [3.8, 4) is 0 Å². The number of aryl methyl sites for hydroxylation is 1. The van der Waals surface area contributed by atoms with E-state index in [4.69, 9.17) is 39.5 Å². The second-order valence-electron chi connectivity index (χ2n) is 5.62. The van der Waals surface area contributed by atoms with Crippen LogP contribution in [-0.2, 0) is 17.6 Å². The van der Waals surface area contributed by atoms with E-state index in [9.17, 15) is 9.59 Å². The molecule has 2 aromatic heterocycles. The molecule has 2 N–H and O–H groups in total. The van der Waals surface area contributed by atoms with E-state index in [0.717, 1.165) is 29.7 Å². The number of ether oxygens (including phenoxy) is 1. The van der Waals surface area contributed by atoms with Gasteiger partial charge in [-0.1, -0.05) is 40.9 Å². The lowest BCUT2D eigenvalue weighted by molar-refractivity contribution is 0.0601. The average molecular weight is 454 g/mol. The second-order valence-corrected chi connectivity index (χ2v) is 10.0. The first-order valence-corrected chi connectivity index (χ1v) is 10.5. The molecular weight excluding hydrogens is 439 g/mol. The highest BCUT2D eigenvalue weighted by molar-refractivity contribution is 7.16. The molecule has 5 nitrogen and oxygen atoms in total. The number of methoxy groups -OCH3 is 1. The molecule has 26 heavy (non-hydrogen) atoms. The number of thiophene rings is 2. The number of amides is 1. The van der Waals surface area contributed by atoms with Crippen molar-refractivity contribution < 1.29 is 14.3 Å². The first-order valence-electron chi connectivity index (χ1n) is 7.71. The first-order chi connectivity index (χ1) is 12.3. The van der Waals surface area contributed by atoms with Crippen molar-refractivity contribution in [2.75, 3.05) is 12.4 Å². The molecule has 140 valence electrons. The van der Waals surface area contributed by atoms with Gasteiger partial charge in [-0.3, -0.25) is 4.79 Å². The molecule has 0 spiro atoms. The van der Waals surface area contributed by atoms with E-state index in [1.165, 1.54) is 29.8 Å². The molecule has 0 bridgehead atoms. The number of alkyl halides is 3. The van der Waals surface area contributed by atoms with Gasteiger partial charge in [0.15, 0.2) is 0 Å². The Balaban J connectivity index is 1.88. The SMILES string of the molecule is COC(=O)c1c(NC(NC(=O)c2cccs2)C(Cl)(Cl)Cl)sc2c1CCC2. The molecule has 0 fully saturated rings. The second kappa shape index (κ2) is 7.94. The fourth-order valence-corrected chi connectivity index (χ4v) is 5.02. The lowest BCUT2D eigenvalue weighted by atomic mass is 10.1. The Morgan fingerprint density at radius 1 is 1.31 bits per heavy atom. The molecule has 1 aliphatic rings. The van der Waals surface area contributed by atoms with Crippen molar-refractivity contribution >= 4 is 74.4 Å². The quantitative estimate of drug-likeness (QED) is 0.394. The Kier molecular flexibility index (Phi) is 6.04. The van der Waals surface area contributed by atoms with E-state index >= 15 is 0 Å². The molecule has 0 aliphatic heterocycles. The van der Waals surface area contributed by atoms with E-state index in [0.29, 0.717) is 15.4 Å². The molecule has 10 heteroatoms. The smallest absolute Gasteiger partial charge is 0.341 e. The van der Waals surface area contributed by atoms with Gasteiger partial charge >= 0.3 is 5.97 Å². The van der Waals surface area contributed by atoms with Gasteiger partial charge in [-0.25, -0.2) is 4.79 Å². The van der Waals surface area contributed by atoms with Crippen molar-refractivity contribution in [3.63, 3.8) is 0 Å². The minimum Gasteiger partial charge on any atom is -0.465 e. The number of hydrogen-bond donors (Lipinski definition) is 2. The van der Waals surface area contributed by atoms with E-state index in [2.05, 4.69) is 10.6 Å². The molecule has 1 amide bonds. The number of rotatable bonds is 5. The van der Waals surface area contributed by atoms with Crippen molar-refractivity contribution in [2.24, 2.45) is 0 Å². The van der Waals surface area contributed by atoms with Crippen LogP contribution in [0.15, 0.2) is 17.5 Å². The van der Waals surface area contributed by atoms with Gasteiger partial charge < -0.3 is 15.4 Å². The Hall–Kier alpha value is -0.990. The molecule has 3 rings (SSSR count). The zero-order valence-corrected chi connectivity index (χ0v) is 17.5. The number of hydrogen-bond acceptors (Lipinski definition) is 6. The van der Waals surface area contributed by atoms with Gasteiger partial charge in [-0.15, -0.1) is 22.7 Å². The third kappa shape index (κ3) is 4.12. The average Bonchev–Trinajstić information content (AvgIpc) is 3.29. The number of esters is 1. The number of carbonyl (C=O) groups is 2. The van der Waals surface area contributed by atoms with E-state index in [1.807, 2.05) is 0 Å². The molecule has 2 aromatic rings. The number of halogens is 3. The van der Waals surface area contributed by atoms with Gasteiger partial charge in [0, 0.05) is 4.88 Å². The number of anilines is 1. The number of nitrogens with one attached hydrogen (secondary N) is 2. The van der Waals surface area contributed by atoms with Crippen LogP contribution in [0.1, 0.15) is 36.9 Å². The van der Waals surface area contributed by atoms with Crippen molar-refractivity contribution in [2.45, 2.75) is 29.2 Å². The summed E-state index contributed by atoms with van der Waals surface area (Å²) in [6, 6.07) is 3.44. The predicted molar refractivity (Wildman–Crippen MR) is 107 cm³/mol. The van der Waals surface area contributed by atoms with Crippen LogP contribution in [0.25, 0.3) is 0 Å². The molecule has 0 radical (unpaired) electrons. The third-order valence-corrected chi connectivity index (χ3v) is 6.68. The zero-order valence-electron chi connectivity index (χ0n) is 13.6. The van der Waals surface area contributed by atoms with Gasteiger partial charge in [-0.2, -0.15) is 0 Å². The maximum Gasteiger partial charge on any atom is 0.341 e. The first kappa shape index (κ1) is 19.8. The Morgan fingerprint density at radius 2 is 2.08 bits per heavy atom. The summed E-state index contributed by atoms with van der Waals surface area (Å²) >= 11 is 20.9. The fourth-order valence-electron chi connectivity index (χ4n) is 2.76. The largest absolute Gasteiger partial charge is 0.465 e. The van der Waals surface area contributed by atoms with Crippen LogP contribution in [0, 0.1) is 0 Å². The predicted octanol–water partition coefficient (Wildman–Crippen LogP) is 4.62. The summed E-state index contributed by atoms with van der Waals surface area (Å²) in [5.74, 6) is -0.813. The summed E-state index contributed by atoms with van der Waals surface area (Å²) in [6.07, 6.45) is 1.67. The topological polar surface area (TPSA) is 67.4 Å². The van der Waals surface area contributed by atoms with Crippen LogP contribution in [0.5, 0.6) is 0 Å². The Labute approximate surface area is 173 Å². The number of fused-ring (bicyclic) bond motifs is 1. The van der Waals surface area contributed by atoms with Crippen LogP contribution in [-0.4, -0.2) is 28.9 Å². The zero-order chi connectivity index (χ0) is 18.9. The third-order valence-electron chi connectivity index (χ3n) is 3.93. The summed E-state index contributed by atoms with van der Waals surface area (Å²) in [7, 11) is 1.33. The highest BCUT2D eigenvalue weighted by Crippen LogP contribution is 2.41. The Bertz CT molecular complexity index is 816. The lowest BCUT2D eigenvalue weighted by Crippen LogP contribution is -2.49. The van der Waals surface area contributed by atoms with Crippen LogP contribution in [0.3, 0.4) is 0 Å². The maximum atomic E-state index is 12.4. The lowest BCUT2D eigenvalue weighted by Gasteiger charge is -2.27. The highest BCUT2D eigenvalue weighted by Gasteiger charge is 2.37. The van der Waals surface area contributed by atoms with Gasteiger partial charge in [0.05, 0.1) is 17.6 Å².